The number of piperidine rings is 1. The van der Waals surface area contributed by atoms with Gasteiger partial charge in [0, 0.05) is 25.4 Å². The van der Waals surface area contributed by atoms with Crippen LogP contribution in [0.3, 0.4) is 0 Å². The van der Waals surface area contributed by atoms with Crippen LogP contribution in [0, 0.1) is 5.41 Å². The van der Waals surface area contributed by atoms with Crippen molar-refractivity contribution in [1.29, 1.82) is 0 Å². The molecule has 0 aromatic heterocycles. The molecule has 1 aliphatic carbocycles. The number of ketones is 1. The molecule has 2 fully saturated rings. The topological polar surface area (TPSA) is 46.5 Å². The van der Waals surface area contributed by atoms with Crippen LogP contribution in [-0.4, -0.2) is 60.4 Å². The van der Waals surface area contributed by atoms with Crippen molar-refractivity contribution < 1.29 is 19.1 Å². The van der Waals surface area contributed by atoms with Gasteiger partial charge in [0.05, 0.1) is 20.1 Å². The van der Waals surface area contributed by atoms with Gasteiger partial charge in [0.1, 0.15) is 17.7 Å². The number of hydrogen-bond acceptors (Lipinski definition) is 3. The summed E-state index contributed by atoms with van der Waals surface area (Å²) in [4.78, 5) is 12.1. The van der Waals surface area contributed by atoms with Crippen LogP contribution in [0.4, 0.5) is 0 Å². The molecule has 1 saturated heterocycles. The van der Waals surface area contributed by atoms with Crippen LogP contribution in [0.5, 0.6) is 0 Å². The monoisotopic (exact) mass is 270 g/mol. The second-order valence-corrected chi connectivity index (χ2v) is 6.87. The molecule has 1 aliphatic heterocycles. The lowest BCUT2D eigenvalue weighted by Crippen LogP contribution is -2.76. The van der Waals surface area contributed by atoms with Gasteiger partial charge < -0.3 is 14.3 Å². The number of Topliss-reactive ketones (excluding diaryl/α,β-unsaturated/α-hetero) is 1. The van der Waals surface area contributed by atoms with Crippen molar-refractivity contribution in [2.45, 2.75) is 57.8 Å². The molecule has 0 amide bonds. The number of aliphatic hydroxyl groups is 1. The first kappa shape index (κ1) is 14.9. The summed E-state index contributed by atoms with van der Waals surface area (Å²) in [5, 5.41) is 11.4. The second-order valence-electron chi connectivity index (χ2n) is 6.87. The Kier molecular flexibility index (Phi) is 3.57. The predicted octanol–water partition coefficient (Wildman–Crippen LogP) is 1.36. The van der Waals surface area contributed by atoms with Gasteiger partial charge in [-0.3, -0.25) is 4.79 Å². The van der Waals surface area contributed by atoms with Gasteiger partial charge in [-0.25, -0.2) is 0 Å². The van der Waals surface area contributed by atoms with Crippen LogP contribution in [0.1, 0.15) is 40.0 Å². The van der Waals surface area contributed by atoms with E-state index in [1.54, 1.807) is 7.11 Å². The highest BCUT2D eigenvalue weighted by Gasteiger charge is 2.66. The number of quaternary nitrogens is 1. The highest BCUT2D eigenvalue weighted by molar-refractivity contribution is 5.85. The average Bonchev–Trinajstić information content (AvgIpc) is 2.39. The number of ether oxygens (including phenoxy) is 1. The van der Waals surface area contributed by atoms with E-state index in [0.29, 0.717) is 12.8 Å². The Hall–Kier alpha value is -0.450. The van der Waals surface area contributed by atoms with E-state index in [2.05, 4.69) is 20.9 Å². The van der Waals surface area contributed by atoms with E-state index in [4.69, 9.17) is 4.74 Å². The molecular weight excluding hydrogens is 242 g/mol. The Labute approximate surface area is 116 Å². The van der Waals surface area contributed by atoms with Crippen LogP contribution in [0.2, 0.25) is 0 Å². The number of methoxy groups -OCH3 is 1. The molecule has 2 rings (SSSR count). The van der Waals surface area contributed by atoms with Gasteiger partial charge in [-0.15, -0.1) is 0 Å². The molecule has 0 radical (unpaired) electrons. The van der Waals surface area contributed by atoms with E-state index < -0.39 is 17.1 Å². The van der Waals surface area contributed by atoms with Crippen LogP contribution < -0.4 is 0 Å². The molecule has 0 aromatic carbocycles. The van der Waals surface area contributed by atoms with Crippen LogP contribution >= 0.6 is 0 Å². The lowest BCUT2D eigenvalue weighted by Gasteiger charge is -2.61. The minimum atomic E-state index is -0.815. The number of carbonyl (C=O) groups excluding carboxylic acids is 1. The predicted molar refractivity (Wildman–Crippen MR) is 73.8 cm³/mol. The Morgan fingerprint density at radius 2 is 2.11 bits per heavy atom. The number of likely N-dealkylation sites (tertiary alicyclic amines) is 1. The van der Waals surface area contributed by atoms with Gasteiger partial charge in [0.15, 0.2) is 5.78 Å². The third kappa shape index (κ3) is 1.80. The van der Waals surface area contributed by atoms with E-state index >= 15 is 0 Å². The lowest BCUT2D eigenvalue weighted by molar-refractivity contribution is -0.946. The molecule has 0 spiro atoms. The minimum absolute atomic E-state index is 0.127. The van der Waals surface area contributed by atoms with Crippen molar-refractivity contribution >= 4 is 5.78 Å². The van der Waals surface area contributed by atoms with Crippen molar-refractivity contribution in [3.05, 3.63) is 0 Å². The SMILES string of the molecule is CC[N+]1(C)CCC2(C)C(OC)C(=O)CCC2(O)C1C. The Morgan fingerprint density at radius 3 is 2.63 bits per heavy atom. The smallest absolute Gasteiger partial charge is 0.162 e. The number of fused-ring (bicyclic) bond motifs is 1. The van der Waals surface area contributed by atoms with Crippen molar-refractivity contribution in [3.8, 4) is 0 Å². The van der Waals surface area contributed by atoms with E-state index in [1.807, 2.05) is 6.92 Å². The zero-order valence-corrected chi connectivity index (χ0v) is 12.9. The molecule has 5 unspecified atom stereocenters. The number of nitrogens with zero attached hydrogens (tertiary/aromatic N) is 1. The molecule has 1 saturated carbocycles. The third-order valence-electron chi connectivity index (χ3n) is 6.34. The quantitative estimate of drug-likeness (QED) is 0.771. The van der Waals surface area contributed by atoms with E-state index in [9.17, 15) is 9.90 Å². The molecule has 1 N–H and O–H groups in total. The van der Waals surface area contributed by atoms with E-state index in [0.717, 1.165) is 24.0 Å². The number of rotatable bonds is 2. The first-order valence-electron chi connectivity index (χ1n) is 7.37. The maximum absolute atomic E-state index is 12.1. The largest absolute Gasteiger partial charge is 0.383 e. The molecular formula is C15H28NO3+. The fraction of sp³-hybridized carbons (Fsp3) is 0.933. The van der Waals surface area contributed by atoms with E-state index in [1.165, 1.54) is 0 Å². The van der Waals surface area contributed by atoms with E-state index in [-0.39, 0.29) is 11.8 Å². The van der Waals surface area contributed by atoms with Crippen LogP contribution in [0.25, 0.3) is 0 Å². The highest BCUT2D eigenvalue weighted by atomic mass is 16.5. The fourth-order valence-electron chi connectivity index (χ4n) is 4.37. The Bertz CT molecular complexity index is 386. The molecule has 4 nitrogen and oxygen atoms in total. The standard InChI is InChI=1S/C15H28NO3/c1-6-16(4)10-9-14(3)13(19-5)12(17)7-8-15(14,18)11(16)2/h11,13,18H,6-10H2,1-5H3/q+1. The van der Waals surface area contributed by atoms with Crippen molar-refractivity contribution in [3.63, 3.8) is 0 Å². The summed E-state index contributed by atoms with van der Waals surface area (Å²) in [7, 11) is 3.80. The normalized spacial score (nSPS) is 50.9. The van der Waals surface area contributed by atoms with Crippen molar-refractivity contribution in [1.82, 2.24) is 0 Å². The maximum Gasteiger partial charge on any atom is 0.162 e. The molecule has 0 bridgehead atoms. The summed E-state index contributed by atoms with van der Waals surface area (Å²) in [6, 6.07) is 0.127. The van der Waals surface area contributed by atoms with Gasteiger partial charge in [-0.1, -0.05) is 6.92 Å². The molecule has 5 atom stereocenters. The molecule has 4 heteroatoms. The minimum Gasteiger partial charge on any atom is -0.383 e. The second kappa shape index (κ2) is 4.54. The first-order valence-corrected chi connectivity index (χ1v) is 7.37. The zero-order chi connectivity index (χ0) is 14.5. The van der Waals surface area contributed by atoms with Gasteiger partial charge in [-0.05, 0) is 20.3 Å². The summed E-state index contributed by atoms with van der Waals surface area (Å²) in [5.41, 5.74) is -1.27. The van der Waals surface area contributed by atoms with Crippen LogP contribution in [-0.2, 0) is 9.53 Å². The number of carbonyl (C=O) groups is 1. The van der Waals surface area contributed by atoms with Gasteiger partial charge in [-0.2, -0.15) is 0 Å². The van der Waals surface area contributed by atoms with Gasteiger partial charge >= 0.3 is 0 Å². The average molecular weight is 270 g/mol. The third-order valence-corrected chi connectivity index (χ3v) is 6.34. The number of likely N-dealkylation sites (N-methyl/N-ethyl adjacent to an activating group) is 1. The Morgan fingerprint density at radius 1 is 1.47 bits per heavy atom. The number of hydrogen-bond donors (Lipinski definition) is 1. The molecule has 0 aromatic rings. The summed E-state index contributed by atoms with van der Waals surface area (Å²) in [5.74, 6) is 0.148. The maximum atomic E-state index is 12.1. The highest BCUT2D eigenvalue weighted by Crippen LogP contribution is 2.53. The zero-order valence-electron chi connectivity index (χ0n) is 12.9. The summed E-state index contributed by atoms with van der Waals surface area (Å²) >= 11 is 0. The Balaban J connectivity index is 2.44. The molecule has 2 aliphatic rings. The summed E-state index contributed by atoms with van der Waals surface area (Å²) in [6.45, 7) is 8.33. The van der Waals surface area contributed by atoms with Gasteiger partial charge in [0.2, 0.25) is 0 Å². The van der Waals surface area contributed by atoms with Crippen molar-refractivity contribution in [2.24, 2.45) is 5.41 Å². The summed E-state index contributed by atoms with van der Waals surface area (Å²) < 4.78 is 6.35. The van der Waals surface area contributed by atoms with Gasteiger partial charge in [0.25, 0.3) is 0 Å². The lowest BCUT2D eigenvalue weighted by atomic mass is 9.55. The molecule has 110 valence electrons. The summed E-state index contributed by atoms with van der Waals surface area (Å²) in [6.07, 6.45) is 1.37. The van der Waals surface area contributed by atoms with Crippen LogP contribution in [0.15, 0.2) is 0 Å². The first-order chi connectivity index (χ1) is 8.75. The molecule has 1 heterocycles. The molecule has 19 heavy (non-hydrogen) atoms. The van der Waals surface area contributed by atoms with Crippen molar-refractivity contribution in [2.75, 3.05) is 27.2 Å². The fourth-order valence-corrected chi connectivity index (χ4v) is 4.37.